The molecule has 0 N–H and O–H groups in total. The van der Waals surface area contributed by atoms with Crippen LogP contribution in [0.3, 0.4) is 0 Å². The summed E-state index contributed by atoms with van der Waals surface area (Å²) in [7, 11) is 0. The summed E-state index contributed by atoms with van der Waals surface area (Å²) in [6, 6.07) is 39.2. The summed E-state index contributed by atoms with van der Waals surface area (Å²) in [4.78, 5) is 0. The number of halogens is 2. The summed E-state index contributed by atoms with van der Waals surface area (Å²) >= 11 is -0.946. The molecule has 0 aromatic heterocycles. The quantitative estimate of drug-likeness (QED) is 0.190. The van der Waals surface area contributed by atoms with Crippen molar-refractivity contribution in [3.63, 3.8) is 0 Å². The van der Waals surface area contributed by atoms with Gasteiger partial charge in [-0.15, -0.1) is 0 Å². The third kappa shape index (κ3) is 4.27. The van der Waals surface area contributed by atoms with Crippen molar-refractivity contribution in [1.29, 1.82) is 0 Å². The molecule has 0 radical (unpaired) electrons. The molecule has 0 saturated heterocycles. The molecule has 0 spiro atoms. The number of fused-ring (bicyclic) bond motifs is 3. The zero-order valence-electron chi connectivity index (χ0n) is 18.7. The van der Waals surface area contributed by atoms with Crippen LogP contribution in [0.25, 0.3) is 11.1 Å². The van der Waals surface area contributed by atoms with E-state index < -0.39 is 27.6 Å². The van der Waals surface area contributed by atoms with E-state index >= 15 is 0 Å². The second-order valence-corrected chi connectivity index (χ2v) is 21.0. The maximum Gasteiger partial charge on any atom is -1.00 e. The average molecular weight is 575 g/mol. The number of rotatable bonds is 5. The van der Waals surface area contributed by atoms with Gasteiger partial charge in [0.05, 0.1) is 0 Å². The van der Waals surface area contributed by atoms with Gasteiger partial charge in [0.1, 0.15) is 0 Å². The van der Waals surface area contributed by atoms with Crippen LogP contribution in [0.1, 0.15) is 17.5 Å². The van der Waals surface area contributed by atoms with Crippen LogP contribution in [-0.2, 0) is 28.8 Å². The van der Waals surface area contributed by atoms with Crippen molar-refractivity contribution >= 4 is 20.8 Å². The van der Waals surface area contributed by atoms with E-state index in [1.54, 1.807) is 24.4 Å². The first-order valence-electron chi connectivity index (χ1n) is 11.3. The van der Waals surface area contributed by atoms with Crippen LogP contribution < -0.4 is 40.4 Å². The second-order valence-electron chi connectivity index (χ2n) is 8.60. The van der Waals surface area contributed by atoms with E-state index in [1.807, 2.05) is 0 Å². The molecule has 0 fully saturated rings. The number of hydrogen-bond acceptors (Lipinski definition) is 0. The Labute approximate surface area is 226 Å². The molecule has 4 aromatic carbocycles. The minimum absolute atomic E-state index is 0. The molecule has 2 aliphatic carbocycles. The monoisotopic (exact) mass is 572 g/mol. The van der Waals surface area contributed by atoms with Gasteiger partial charge in [0.15, 0.2) is 0 Å². The van der Waals surface area contributed by atoms with Crippen molar-refractivity contribution < 1.29 is 47.2 Å². The van der Waals surface area contributed by atoms with E-state index in [0.29, 0.717) is 0 Å². The summed E-state index contributed by atoms with van der Waals surface area (Å²) in [5, 5.41) is 2.69. The molecular weight excluding hydrogens is 551 g/mol. The molecule has 0 aliphatic heterocycles. The zero-order valence-corrected chi connectivity index (χ0v) is 23.7. The number of benzene rings is 4. The fourth-order valence-corrected chi connectivity index (χ4v) is 22.6. The van der Waals surface area contributed by atoms with E-state index in [4.69, 9.17) is 0 Å². The van der Waals surface area contributed by atoms with Crippen molar-refractivity contribution in [2.24, 2.45) is 0 Å². The van der Waals surface area contributed by atoms with Gasteiger partial charge in [-0.2, -0.15) is 0 Å². The SMILES string of the molecule is C1=CC[C]([Zr+2][Si](c2ccccc2)(c2ccccc2)c2cccc3c2Cc2ccccc2-3)=C1.[Cl-].[Cl-]. The predicted octanol–water partition coefficient (Wildman–Crippen LogP) is -0.841. The van der Waals surface area contributed by atoms with Gasteiger partial charge in [-0.3, -0.25) is 0 Å². The maximum atomic E-state index is 2.49. The molecule has 34 heavy (non-hydrogen) atoms. The van der Waals surface area contributed by atoms with Crippen LogP contribution in [0.15, 0.2) is 125 Å². The van der Waals surface area contributed by atoms with Gasteiger partial charge in [0, 0.05) is 0 Å². The summed E-state index contributed by atoms with van der Waals surface area (Å²) in [5.41, 5.74) is 5.95. The van der Waals surface area contributed by atoms with Crippen molar-refractivity contribution in [1.82, 2.24) is 0 Å². The van der Waals surface area contributed by atoms with Crippen LogP contribution in [0, 0.1) is 0 Å². The molecule has 0 bridgehead atoms. The van der Waals surface area contributed by atoms with Crippen LogP contribution in [0.4, 0.5) is 0 Å². The van der Waals surface area contributed by atoms with Crippen LogP contribution >= 0.6 is 0 Å². The van der Waals surface area contributed by atoms with Crippen LogP contribution in [0.2, 0.25) is 0 Å². The minimum atomic E-state index is -2.12. The molecular formula is C30H24Cl2SiZr. The van der Waals surface area contributed by atoms with E-state index in [1.165, 1.54) is 16.7 Å². The molecule has 4 heteroatoms. The Hall–Kier alpha value is -1.96. The fourth-order valence-electron chi connectivity index (χ4n) is 5.36. The molecule has 0 heterocycles. The van der Waals surface area contributed by atoms with Crippen molar-refractivity contribution in [3.05, 3.63) is 136 Å². The Morgan fingerprint density at radius 2 is 1.24 bits per heavy atom. The third-order valence-electron chi connectivity index (χ3n) is 6.79. The fraction of sp³-hybridized carbons (Fsp3) is 0.0667. The Morgan fingerprint density at radius 3 is 1.88 bits per heavy atom. The van der Waals surface area contributed by atoms with Crippen LogP contribution in [-0.4, -0.2) is 5.20 Å². The van der Waals surface area contributed by atoms with E-state index in [2.05, 4.69) is 121 Å². The second kappa shape index (κ2) is 10.8. The molecule has 2 aliphatic rings. The molecule has 0 amide bonds. The number of hydrogen-bond donors (Lipinski definition) is 0. The minimum Gasteiger partial charge on any atom is -1.00 e. The molecule has 166 valence electrons. The van der Waals surface area contributed by atoms with Gasteiger partial charge in [0.25, 0.3) is 0 Å². The number of allylic oxidation sites excluding steroid dienone is 4. The molecule has 4 aromatic rings. The molecule has 0 saturated carbocycles. The summed E-state index contributed by atoms with van der Waals surface area (Å²) in [6.45, 7) is 0. The molecule has 6 rings (SSSR count). The standard InChI is InChI=1S/C25H19Si.C5H5.2ClH.Zr/c1-3-11-20(12-4-1)26(21-13-5-2-6-14-21)25-17-9-16-23-22-15-8-7-10-19(22)18-24(23)25;1-2-4-5-3-1;;;/h1-17H,18H2;1-3H,4H2;2*1H;/q;;;;+2/p-2. The average Bonchev–Trinajstić information content (AvgIpc) is 3.51. The Balaban J connectivity index is 0.00000137. The summed E-state index contributed by atoms with van der Waals surface area (Å²) in [5.74, 6) is 0. The molecule has 0 atom stereocenters. The van der Waals surface area contributed by atoms with E-state index in [-0.39, 0.29) is 24.8 Å². The van der Waals surface area contributed by atoms with Crippen molar-refractivity contribution in [3.8, 4) is 11.1 Å². The van der Waals surface area contributed by atoms with Gasteiger partial charge in [-0.05, 0) is 0 Å². The first-order chi connectivity index (χ1) is 15.9. The predicted molar refractivity (Wildman–Crippen MR) is 134 cm³/mol. The normalized spacial score (nSPS) is 13.1. The van der Waals surface area contributed by atoms with Gasteiger partial charge >= 0.3 is 203 Å². The van der Waals surface area contributed by atoms with E-state index in [9.17, 15) is 0 Å². The van der Waals surface area contributed by atoms with E-state index in [0.717, 1.165) is 12.8 Å². The maximum absolute atomic E-state index is 2.49. The Kier molecular flexibility index (Phi) is 7.95. The Bertz CT molecular complexity index is 1310. The summed E-state index contributed by atoms with van der Waals surface area (Å²) < 4.78 is 1.72. The molecule has 0 nitrogen and oxygen atoms in total. The van der Waals surface area contributed by atoms with Crippen molar-refractivity contribution in [2.75, 3.05) is 0 Å². The Morgan fingerprint density at radius 1 is 0.618 bits per heavy atom. The molecule has 0 unspecified atom stereocenters. The van der Waals surface area contributed by atoms with Crippen LogP contribution in [0.5, 0.6) is 0 Å². The largest absolute Gasteiger partial charge is 1.00 e. The zero-order chi connectivity index (χ0) is 21.4. The first-order valence-corrected chi connectivity index (χ1v) is 18.2. The van der Waals surface area contributed by atoms with Gasteiger partial charge < -0.3 is 24.8 Å². The summed E-state index contributed by atoms with van der Waals surface area (Å²) in [6.07, 6.45) is 9.26. The van der Waals surface area contributed by atoms with Gasteiger partial charge in [0.2, 0.25) is 0 Å². The first kappa shape index (κ1) is 25.1. The van der Waals surface area contributed by atoms with Gasteiger partial charge in [-0.1, -0.05) is 0 Å². The third-order valence-corrected chi connectivity index (χ3v) is 23.4. The smallest absolute Gasteiger partial charge is 1.00 e. The van der Waals surface area contributed by atoms with Crippen molar-refractivity contribution in [2.45, 2.75) is 12.8 Å². The van der Waals surface area contributed by atoms with Gasteiger partial charge in [-0.25, -0.2) is 0 Å². The topological polar surface area (TPSA) is 0 Å².